The topological polar surface area (TPSA) is 32.3 Å². The van der Waals surface area contributed by atoms with Crippen molar-refractivity contribution in [3.05, 3.63) is 35.4 Å². The molecule has 0 aliphatic heterocycles. The number of amides is 1. The number of hydrogen-bond acceptors (Lipinski definition) is 2. The predicted molar refractivity (Wildman–Crippen MR) is 62.3 cm³/mol. The highest BCUT2D eigenvalue weighted by Crippen LogP contribution is 2.29. The average Bonchev–Trinajstić information content (AvgIpc) is 2.34. The Morgan fingerprint density at radius 1 is 1.39 bits per heavy atom. The lowest BCUT2D eigenvalue weighted by atomic mass is 10.1. The van der Waals surface area contributed by atoms with E-state index in [2.05, 4.69) is 5.32 Å². The maximum absolute atomic E-state index is 12.5. The summed E-state index contributed by atoms with van der Waals surface area (Å²) in [6, 6.07) is 4.44. The summed E-state index contributed by atoms with van der Waals surface area (Å²) in [4.78, 5) is 13.2. The summed E-state index contributed by atoms with van der Waals surface area (Å²) >= 11 is 0. The van der Waals surface area contributed by atoms with Crippen molar-refractivity contribution in [1.29, 1.82) is 0 Å². The van der Waals surface area contributed by atoms with Crippen molar-refractivity contribution in [3.63, 3.8) is 0 Å². The smallest absolute Gasteiger partial charge is 0.340 e. The van der Waals surface area contributed by atoms with Crippen LogP contribution in [-0.4, -0.2) is 38.0 Å². The highest BCUT2D eigenvalue weighted by atomic mass is 19.4. The first-order chi connectivity index (χ1) is 8.36. The molecule has 0 aliphatic carbocycles. The summed E-state index contributed by atoms with van der Waals surface area (Å²) in [7, 11) is 3.29. The lowest BCUT2D eigenvalue weighted by Gasteiger charge is -2.17. The summed E-state index contributed by atoms with van der Waals surface area (Å²) < 4.78 is 37.5. The molecule has 100 valence electrons. The Labute approximate surface area is 104 Å². The van der Waals surface area contributed by atoms with Gasteiger partial charge in [0.25, 0.3) is 5.91 Å². The molecule has 1 N–H and O–H groups in total. The molecule has 0 bridgehead atoms. The maximum Gasteiger partial charge on any atom is 0.416 e. The molecule has 0 saturated carbocycles. The van der Waals surface area contributed by atoms with Crippen LogP contribution in [0.1, 0.15) is 15.9 Å². The van der Waals surface area contributed by atoms with Gasteiger partial charge in [0.1, 0.15) is 0 Å². The number of likely N-dealkylation sites (N-methyl/N-ethyl adjacent to an activating group) is 2. The van der Waals surface area contributed by atoms with Gasteiger partial charge in [-0.15, -0.1) is 0 Å². The number of nitrogens with one attached hydrogen (secondary N) is 1. The quantitative estimate of drug-likeness (QED) is 0.898. The van der Waals surface area contributed by atoms with E-state index >= 15 is 0 Å². The predicted octanol–water partition coefficient (Wildman–Crippen LogP) is 2.00. The highest BCUT2D eigenvalue weighted by molar-refractivity contribution is 5.94. The minimum atomic E-state index is -4.43. The second-order valence-electron chi connectivity index (χ2n) is 3.91. The number of halogens is 3. The molecule has 1 rings (SSSR count). The molecule has 1 aromatic rings. The van der Waals surface area contributed by atoms with Gasteiger partial charge in [-0.25, -0.2) is 0 Å². The summed E-state index contributed by atoms with van der Waals surface area (Å²) in [5.74, 6) is -0.420. The normalized spacial score (nSPS) is 11.4. The molecule has 0 heterocycles. The van der Waals surface area contributed by atoms with E-state index in [1.807, 2.05) is 0 Å². The molecule has 0 radical (unpaired) electrons. The zero-order valence-electron chi connectivity index (χ0n) is 10.2. The Hall–Kier alpha value is -1.56. The minimum absolute atomic E-state index is 0.0448. The lowest BCUT2D eigenvalue weighted by molar-refractivity contribution is -0.137. The Balaban J connectivity index is 2.87. The van der Waals surface area contributed by atoms with Crippen LogP contribution in [-0.2, 0) is 6.18 Å². The first kappa shape index (κ1) is 14.5. The standard InChI is InChI=1S/C12H15F3N2O/c1-16-6-7-17(2)11(18)9-4-3-5-10(8-9)12(13,14)15/h3-5,8,16H,6-7H2,1-2H3. The third-order valence-electron chi connectivity index (χ3n) is 2.48. The first-order valence-electron chi connectivity index (χ1n) is 5.43. The molecule has 0 aliphatic rings. The van der Waals surface area contributed by atoms with Gasteiger partial charge in [0.2, 0.25) is 0 Å². The zero-order valence-corrected chi connectivity index (χ0v) is 10.2. The maximum atomic E-state index is 12.5. The minimum Gasteiger partial charge on any atom is -0.340 e. The molecule has 0 saturated heterocycles. The number of carbonyl (C=O) groups is 1. The van der Waals surface area contributed by atoms with Crippen molar-refractivity contribution in [2.75, 3.05) is 27.2 Å². The fourth-order valence-corrected chi connectivity index (χ4v) is 1.43. The van der Waals surface area contributed by atoms with Crippen LogP contribution in [0.3, 0.4) is 0 Å². The highest BCUT2D eigenvalue weighted by Gasteiger charge is 2.31. The fraction of sp³-hybridized carbons (Fsp3) is 0.417. The van der Waals surface area contributed by atoms with Gasteiger partial charge in [-0.3, -0.25) is 4.79 Å². The number of nitrogens with zero attached hydrogens (tertiary/aromatic N) is 1. The number of alkyl halides is 3. The molecule has 0 atom stereocenters. The Morgan fingerprint density at radius 3 is 2.61 bits per heavy atom. The molecule has 0 fully saturated rings. The lowest BCUT2D eigenvalue weighted by Crippen LogP contribution is -2.32. The summed E-state index contributed by atoms with van der Waals surface area (Å²) in [5, 5.41) is 2.87. The third-order valence-corrected chi connectivity index (χ3v) is 2.48. The summed E-state index contributed by atoms with van der Waals surface area (Å²) in [6.45, 7) is 1.02. The largest absolute Gasteiger partial charge is 0.416 e. The van der Waals surface area contributed by atoms with E-state index in [1.54, 1.807) is 14.1 Å². The first-order valence-corrected chi connectivity index (χ1v) is 5.43. The Morgan fingerprint density at radius 2 is 2.06 bits per heavy atom. The van der Waals surface area contributed by atoms with Gasteiger partial charge in [0.05, 0.1) is 5.56 Å². The molecule has 0 unspecified atom stereocenters. The molecule has 1 aromatic carbocycles. The molecular formula is C12H15F3N2O. The van der Waals surface area contributed by atoms with Crippen molar-refractivity contribution in [1.82, 2.24) is 10.2 Å². The zero-order chi connectivity index (χ0) is 13.8. The van der Waals surface area contributed by atoms with E-state index in [0.717, 1.165) is 12.1 Å². The summed E-state index contributed by atoms with van der Waals surface area (Å²) in [5.41, 5.74) is -0.765. The molecule has 0 aromatic heterocycles. The number of rotatable bonds is 4. The molecule has 3 nitrogen and oxygen atoms in total. The molecule has 1 amide bonds. The van der Waals surface area contributed by atoms with Crippen molar-refractivity contribution in [2.45, 2.75) is 6.18 Å². The molecule has 6 heteroatoms. The van der Waals surface area contributed by atoms with Crippen LogP contribution in [0.15, 0.2) is 24.3 Å². The van der Waals surface area contributed by atoms with Crippen LogP contribution < -0.4 is 5.32 Å². The van der Waals surface area contributed by atoms with Gasteiger partial charge in [-0.05, 0) is 25.2 Å². The average molecular weight is 260 g/mol. The van der Waals surface area contributed by atoms with Gasteiger partial charge in [0.15, 0.2) is 0 Å². The van der Waals surface area contributed by atoms with Gasteiger partial charge >= 0.3 is 6.18 Å². The summed E-state index contributed by atoms with van der Waals surface area (Å²) in [6.07, 6.45) is -4.43. The number of carbonyl (C=O) groups excluding carboxylic acids is 1. The van der Waals surface area contributed by atoms with Crippen molar-refractivity contribution < 1.29 is 18.0 Å². The van der Waals surface area contributed by atoms with Crippen molar-refractivity contribution in [3.8, 4) is 0 Å². The van der Waals surface area contributed by atoms with E-state index in [0.29, 0.717) is 13.1 Å². The fourth-order valence-electron chi connectivity index (χ4n) is 1.43. The Kier molecular flexibility index (Phi) is 4.72. The van der Waals surface area contributed by atoms with Crippen molar-refractivity contribution >= 4 is 5.91 Å². The van der Waals surface area contributed by atoms with Crippen LogP contribution in [0.4, 0.5) is 13.2 Å². The molecule has 0 spiro atoms. The van der Waals surface area contributed by atoms with Gasteiger partial charge in [-0.1, -0.05) is 6.07 Å². The van der Waals surface area contributed by atoms with Crippen LogP contribution in [0.2, 0.25) is 0 Å². The number of hydrogen-bond donors (Lipinski definition) is 1. The van der Waals surface area contributed by atoms with E-state index in [4.69, 9.17) is 0 Å². The third kappa shape index (κ3) is 3.73. The monoisotopic (exact) mass is 260 g/mol. The second kappa shape index (κ2) is 5.86. The van der Waals surface area contributed by atoms with Crippen LogP contribution >= 0.6 is 0 Å². The second-order valence-corrected chi connectivity index (χ2v) is 3.91. The van der Waals surface area contributed by atoms with Gasteiger partial charge in [-0.2, -0.15) is 13.2 Å². The van der Waals surface area contributed by atoms with E-state index < -0.39 is 17.6 Å². The van der Waals surface area contributed by atoms with Crippen LogP contribution in [0, 0.1) is 0 Å². The van der Waals surface area contributed by atoms with E-state index in [9.17, 15) is 18.0 Å². The van der Waals surface area contributed by atoms with E-state index in [-0.39, 0.29) is 5.56 Å². The van der Waals surface area contributed by atoms with Gasteiger partial charge in [0, 0.05) is 25.7 Å². The SMILES string of the molecule is CNCCN(C)C(=O)c1cccc(C(F)(F)F)c1. The number of benzene rings is 1. The molecule has 18 heavy (non-hydrogen) atoms. The van der Waals surface area contributed by atoms with Crippen molar-refractivity contribution in [2.24, 2.45) is 0 Å². The van der Waals surface area contributed by atoms with Gasteiger partial charge < -0.3 is 10.2 Å². The van der Waals surface area contributed by atoms with Crippen LogP contribution in [0.25, 0.3) is 0 Å². The van der Waals surface area contributed by atoms with E-state index in [1.165, 1.54) is 17.0 Å². The van der Waals surface area contributed by atoms with Crippen LogP contribution in [0.5, 0.6) is 0 Å². The molecular weight excluding hydrogens is 245 g/mol. The Bertz CT molecular complexity index is 418.